The molecule has 1 aliphatic rings. The van der Waals surface area contributed by atoms with E-state index in [2.05, 4.69) is 0 Å². The fraction of sp³-hybridized carbons (Fsp3) is 0.467. The van der Waals surface area contributed by atoms with Gasteiger partial charge in [-0.1, -0.05) is 0 Å². The molecule has 0 bridgehead atoms. The molecule has 1 aromatic rings. The van der Waals surface area contributed by atoms with E-state index in [-0.39, 0.29) is 23.8 Å². The molecule has 1 aliphatic heterocycles. The number of rotatable bonds is 4. The van der Waals surface area contributed by atoms with Gasteiger partial charge < -0.3 is 10.8 Å². The molecule has 0 spiro atoms. The Hall–Kier alpha value is -1.95. The van der Waals surface area contributed by atoms with E-state index in [1.54, 1.807) is 6.92 Å². The summed E-state index contributed by atoms with van der Waals surface area (Å²) in [4.78, 5) is 24.7. The Kier molecular flexibility index (Phi) is 4.00. The molecule has 1 amide bonds. The molecule has 0 aromatic heterocycles. The number of benzene rings is 1. The molecule has 6 heteroatoms. The molecule has 1 heterocycles. The first-order chi connectivity index (χ1) is 9.73. The topological polar surface area (TPSA) is 83.6 Å². The van der Waals surface area contributed by atoms with E-state index in [9.17, 15) is 19.1 Å². The van der Waals surface area contributed by atoms with Gasteiger partial charge in [0.25, 0.3) is 0 Å². The number of hydrogen-bond acceptors (Lipinski definition) is 4. The van der Waals surface area contributed by atoms with Gasteiger partial charge in [-0.2, -0.15) is 0 Å². The highest BCUT2D eigenvalue weighted by Crippen LogP contribution is 2.32. The van der Waals surface area contributed by atoms with E-state index in [1.165, 1.54) is 13.0 Å². The average Bonchev–Trinajstić information content (AvgIpc) is 2.76. The third-order valence-electron chi connectivity index (χ3n) is 4.07. The molecule has 0 saturated carbocycles. The number of amides is 1. The zero-order valence-corrected chi connectivity index (χ0v) is 12.1. The minimum absolute atomic E-state index is 0.0261. The minimum atomic E-state index is -0.605. The Bertz CT molecular complexity index is 603. The maximum absolute atomic E-state index is 13.6. The van der Waals surface area contributed by atoms with Gasteiger partial charge in [-0.3, -0.25) is 14.5 Å². The number of primary amides is 1. The van der Waals surface area contributed by atoms with Crippen molar-refractivity contribution in [1.29, 1.82) is 0 Å². The van der Waals surface area contributed by atoms with Crippen LogP contribution in [0, 0.1) is 11.2 Å². The summed E-state index contributed by atoms with van der Waals surface area (Å²) >= 11 is 0. The van der Waals surface area contributed by atoms with Gasteiger partial charge in [0.1, 0.15) is 11.6 Å². The average molecular weight is 294 g/mol. The smallest absolute Gasteiger partial charge is 0.224 e. The van der Waals surface area contributed by atoms with Gasteiger partial charge >= 0.3 is 0 Å². The number of aromatic hydroxyl groups is 1. The Labute approximate surface area is 122 Å². The van der Waals surface area contributed by atoms with Crippen molar-refractivity contribution in [3.05, 3.63) is 29.1 Å². The zero-order chi connectivity index (χ0) is 15.8. The molecule has 114 valence electrons. The lowest BCUT2D eigenvalue weighted by molar-refractivity contribution is -0.126. The van der Waals surface area contributed by atoms with Gasteiger partial charge in [0.05, 0.1) is 11.0 Å². The van der Waals surface area contributed by atoms with Crippen LogP contribution in [-0.2, 0) is 11.3 Å². The molecule has 1 atom stereocenters. The Morgan fingerprint density at radius 1 is 1.48 bits per heavy atom. The number of hydrogen-bond donors (Lipinski definition) is 2. The van der Waals surface area contributed by atoms with Crippen LogP contribution in [0.4, 0.5) is 4.39 Å². The van der Waals surface area contributed by atoms with Gasteiger partial charge in [-0.25, -0.2) is 4.39 Å². The van der Waals surface area contributed by atoms with Gasteiger partial charge in [0, 0.05) is 18.7 Å². The third-order valence-corrected chi connectivity index (χ3v) is 4.07. The Morgan fingerprint density at radius 3 is 2.67 bits per heavy atom. The van der Waals surface area contributed by atoms with Crippen LogP contribution in [0.15, 0.2) is 12.1 Å². The number of halogens is 1. The number of nitrogens with two attached hydrogens (primary N) is 1. The number of carbonyl (C=O) groups is 2. The molecular weight excluding hydrogens is 275 g/mol. The largest absolute Gasteiger partial charge is 0.507 e. The van der Waals surface area contributed by atoms with Gasteiger partial charge in [0.15, 0.2) is 5.78 Å². The van der Waals surface area contributed by atoms with Crippen molar-refractivity contribution in [2.75, 3.05) is 13.1 Å². The normalized spacial score (nSPS) is 22.4. The number of carbonyl (C=O) groups excluding carboxylic acids is 2. The highest BCUT2D eigenvalue weighted by Gasteiger charge is 2.38. The lowest BCUT2D eigenvalue weighted by atomic mass is 9.89. The highest BCUT2D eigenvalue weighted by atomic mass is 19.1. The molecular formula is C15H19FN2O3. The van der Waals surface area contributed by atoms with Crippen molar-refractivity contribution in [3.8, 4) is 5.75 Å². The Morgan fingerprint density at radius 2 is 2.14 bits per heavy atom. The number of ketones is 1. The van der Waals surface area contributed by atoms with Crippen molar-refractivity contribution < 1.29 is 19.1 Å². The van der Waals surface area contributed by atoms with Crippen molar-refractivity contribution in [1.82, 2.24) is 4.90 Å². The lowest BCUT2D eigenvalue weighted by Crippen LogP contribution is -2.36. The standard InChI is InChI=1S/C15H19FN2O3/c1-9(19)12-6-11(16)5-10(13(12)20)7-18-4-3-15(2,8-18)14(17)21/h5-6,20H,3-4,7-8H2,1-2H3,(H2,17,21). The predicted molar refractivity (Wildman–Crippen MR) is 75.3 cm³/mol. The molecule has 3 N–H and O–H groups in total. The summed E-state index contributed by atoms with van der Waals surface area (Å²) in [5, 5.41) is 10.1. The van der Waals surface area contributed by atoms with E-state index in [0.29, 0.717) is 25.1 Å². The molecule has 5 nitrogen and oxygen atoms in total. The molecule has 0 radical (unpaired) electrons. The van der Waals surface area contributed by atoms with E-state index >= 15 is 0 Å². The van der Waals surface area contributed by atoms with Crippen LogP contribution in [0.2, 0.25) is 0 Å². The monoisotopic (exact) mass is 294 g/mol. The van der Waals surface area contributed by atoms with Crippen LogP contribution in [0.5, 0.6) is 5.75 Å². The summed E-state index contributed by atoms with van der Waals surface area (Å²) in [5.41, 5.74) is 5.10. The van der Waals surface area contributed by atoms with Crippen molar-refractivity contribution in [2.24, 2.45) is 11.1 Å². The summed E-state index contributed by atoms with van der Waals surface area (Å²) in [7, 11) is 0. The molecule has 1 fully saturated rings. The third kappa shape index (κ3) is 3.05. The number of likely N-dealkylation sites (tertiary alicyclic amines) is 1. The van der Waals surface area contributed by atoms with Crippen LogP contribution >= 0.6 is 0 Å². The zero-order valence-electron chi connectivity index (χ0n) is 12.1. The Balaban J connectivity index is 2.22. The first kappa shape index (κ1) is 15.4. The second kappa shape index (κ2) is 5.44. The predicted octanol–water partition coefficient (Wildman–Crippen LogP) is 1.43. The van der Waals surface area contributed by atoms with Gasteiger partial charge in [0.2, 0.25) is 5.91 Å². The summed E-state index contributed by atoms with van der Waals surface area (Å²) in [6.07, 6.45) is 0.623. The van der Waals surface area contributed by atoms with Crippen molar-refractivity contribution in [3.63, 3.8) is 0 Å². The number of phenols is 1. The molecule has 0 aliphatic carbocycles. The number of phenolic OH excluding ortho intramolecular Hbond substituents is 1. The van der Waals surface area contributed by atoms with Crippen LogP contribution in [0.1, 0.15) is 36.2 Å². The summed E-state index contributed by atoms with van der Waals surface area (Å²) < 4.78 is 13.6. The minimum Gasteiger partial charge on any atom is -0.507 e. The second-order valence-corrected chi connectivity index (χ2v) is 5.90. The fourth-order valence-electron chi connectivity index (χ4n) is 2.68. The van der Waals surface area contributed by atoms with Crippen LogP contribution in [0.25, 0.3) is 0 Å². The SMILES string of the molecule is CC(=O)c1cc(F)cc(CN2CCC(C)(C(N)=O)C2)c1O. The van der Waals surface area contributed by atoms with E-state index in [1.807, 2.05) is 4.90 Å². The number of nitrogens with zero attached hydrogens (tertiary/aromatic N) is 1. The first-order valence-electron chi connectivity index (χ1n) is 6.77. The molecule has 21 heavy (non-hydrogen) atoms. The van der Waals surface area contributed by atoms with E-state index in [4.69, 9.17) is 5.73 Å². The molecule has 1 saturated heterocycles. The van der Waals surface area contributed by atoms with E-state index < -0.39 is 17.0 Å². The lowest BCUT2D eigenvalue weighted by Gasteiger charge is -2.21. The maximum atomic E-state index is 13.6. The number of Topliss-reactive ketones (excluding diaryl/α,β-unsaturated/α-hetero) is 1. The summed E-state index contributed by atoms with van der Waals surface area (Å²) in [5.74, 6) is -1.52. The first-order valence-corrected chi connectivity index (χ1v) is 6.77. The van der Waals surface area contributed by atoms with Crippen LogP contribution < -0.4 is 5.73 Å². The van der Waals surface area contributed by atoms with Crippen LogP contribution in [-0.4, -0.2) is 34.8 Å². The van der Waals surface area contributed by atoms with Gasteiger partial charge in [-0.15, -0.1) is 0 Å². The quantitative estimate of drug-likeness (QED) is 0.823. The van der Waals surface area contributed by atoms with Crippen LogP contribution in [0.3, 0.4) is 0 Å². The van der Waals surface area contributed by atoms with Crippen molar-refractivity contribution in [2.45, 2.75) is 26.8 Å². The fourth-order valence-corrected chi connectivity index (χ4v) is 2.68. The molecule has 2 rings (SSSR count). The van der Waals surface area contributed by atoms with E-state index in [0.717, 1.165) is 6.07 Å². The van der Waals surface area contributed by atoms with Crippen molar-refractivity contribution >= 4 is 11.7 Å². The summed E-state index contributed by atoms with van der Waals surface area (Å²) in [6.45, 7) is 4.42. The van der Waals surface area contributed by atoms with Gasteiger partial charge in [-0.05, 0) is 38.9 Å². The maximum Gasteiger partial charge on any atom is 0.224 e. The molecule has 1 unspecified atom stereocenters. The molecule has 1 aromatic carbocycles. The highest BCUT2D eigenvalue weighted by molar-refractivity contribution is 5.97. The second-order valence-electron chi connectivity index (χ2n) is 5.90. The summed E-state index contributed by atoms with van der Waals surface area (Å²) in [6, 6.07) is 2.24.